The van der Waals surface area contributed by atoms with Gasteiger partial charge in [-0.05, 0) is 60.7 Å². The Balaban J connectivity index is 0.921. The first-order valence-electron chi connectivity index (χ1n) is 15.3. The van der Waals surface area contributed by atoms with Gasteiger partial charge in [-0.15, -0.1) is 0 Å². The summed E-state index contributed by atoms with van der Waals surface area (Å²) < 4.78 is 20.5. The Kier molecular flexibility index (Phi) is 9.28. The van der Waals surface area contributed by atoms with Gasteiger partial charge in [0, 0.05) is 67.5 Å². The molecule has 2 atom stereocenters. The first kappa shape index (κ1) is 31.1. The van der Waals surface area contributed by atoms with Crippen molar-refractivity contribution in [3.8, 4) is 5.75 Å². The van der Waals surface area contributed by atoms with Crippen LogP contribution >= 0.6 is 35.0 Å². The maximum Gasteiger partial charge on any atom is 0.217 e. The highest BCUT2D eigenvalue weighted by molar-refractivity contribution is 8.14. The van der Waals surface area contributed by atoms with E-state index in [-0.39, 0.29) is 12.6 Å². The van der Waals surface area contributed by atoms with Crippen LogP contribution in [0.3, 0.4) is 0 Å². The maximum atomic E-state index is 6.58. The van der Waals surface area contributed by atoms with Gasteiger partial charge in [-0.25, -0.2) is 14.7 Å². The van der Waals surface area contributed by atoms with E-state index in [1.54, 1.807) is 23.1 Å². The summed E-state index contributed by atoms with van der Waals surface area (Å²) in [6, 6.07) is 22.1. The van der Waals surface area contributed by atoms with Gasteiger partial charge < -0.3 is 28.9 Å². The van der Waals surface area contributed by atoms with Gasteiger partial charge in [-0.3, -0.25) is 0 Å². The smallest absolute Gasteiger partial charge is 0.217 e. The van der Waals surface area contributed by atoms with Crippen molar-refractivity contribution in [2.75, 3.05) is 68.5 Å². The second kappa shape index (κ2) is 13.7. The number of thioether (sulfide) groups is 1. The monoisotopic (exact) mass is 679 g/mol. The number of anilines is 2. The zero-order valence-electron chi connectivity index (χ0n) is 25.5. The lowest BCUT2D eigenvalue weighted by atomic mass is 10.1. The zero-order valence-corrected chi connectivity index (χ0v) is 27.8. The van der Waals surface area contributed by atoms with Crippen molar-refractivity contribution in [3.05, 3.63) is 95.0 Å². The summed E-state index contributed by atoms with van der Waals surface area (Å²) in [5, 5.41) is 6.33. The summed E-state index contributed by atoms with van der Waals surface area (Å²) in [4.78, 5) is 15.9. The van der Waals surface area contributed by atoms with Gasteiger partial charge in [0.1, 0.15) is 37.7 Å². The molecule has 0 saturated carbocycles. The largest absolute Gasteiger partial charge is 0.491 e. The number of aliphatic imine (C=N–C) groups is 1. The van der Waals surface area contributed by atoms with E-state index in [9.17, 15) is 0 Å². The second-order valence-corrected chi connectivity index (χ2v) is 13.4. The van der Waals surface area contributed by atoms with Crippen molar-refractivity contribution in [1.82, 2.24) is 19.7 Å². The molecule has 0 radical (unpaired) electrons. The normalized spacial score (nSPS) is 22.6. The third-order valence-electron chi connectivity index (χ3n) is 8.38. The van der Waals surface area contributed by atoms with E-state index in [0.717, 1.165) is 55.1 Å². The van der Waals surface area contributed by atoms with Gasteiger partial charge in [0.15, 0.2) is 5.17 Å². The molecule has 13 heteroatoms. The molecule has 2 unspecified atom stereocenters. The fraction of sp³-hybridized carbons (Fsp3) is 0.364. The minimum atomic E-state index is -1.14. The summed E-state index contributed by atoms with van der Waals surface area (Å²) in [6.07, 6.45) is 2.78. The lowest BCUT2D eigenvalue weighted by Crippen LogP contribution is -2.46. The van der Waals surface area contributed by atoms with Crippen LogP contribution in [-0.2, 0) is 21.8 Å². The lowest BCUT2D eigenvalue weighted by molar-refractivity contribution is -0.190. The molecular formula is C33H35Cl2N7O3S. The highest BCUT2D eigenvalue weighted by Crippen LogP contribution is 2.40. The van der Waals surface area contributed by atoms with Crippen LogP contribution in [0.5, 0.6) is 5.75 Å². The second-order valence-electron chi connectivity index (χ2n) is 11.5. The molecule has 0 N–H and O–H groups in total. The van der Waals surface area contributed by atoms with Gasteiger partial charge in [0.25, 0.3) is 0 Å². The Morgan fingerprint density at radius 1 is 0.957 bits per heavy atom. The van der Waals surface area contributed by atoms with E-state index in [1.807, 2.05) is 30.0 Å². The Labute approximate surface area is 282 Å². The Hall–Kier alpha value is -3.48. The molecule has 3 saturated heterocycles. The topological polar surface area (TPSA) is 80.5 Å². The molecule has 3 aliphatic heterocycles. The van der Waals surface area contributed by atoms with Crippen LogP contribution in [0.15, 0.2) is 84.4 Å². The molecule has 0 bridgehead atoms. The van der Waals surface area contributed by atoms with E-state index in [1.165, 1.54) is 17.7 Å². The van der Waals surface area contributed by atoms with E-state index >= 15 is 0 Å². The molecule has 4 heterocycles. The fourth-order valence-electron chi connectivity index (χ4n) is 5.89. The van der Waals surface area contributed by atoms with Crippen molar-refractivity contribution in [2.45, 2.75) is 18.4 Å². The number of piperazine rings is 1. The minimum Gasteiger partial charge on any atom is -0.491 e. The average Bonchev–Trinajstić information content (AvgIpc) is 3.84. The molecule has 0 aliphatic carbocycles. The first-order chi connectivity index (χ1) is 22.4. The Bertz CT molecular complexity index is 1650. The molecule has 7 rings (SSSR count). The van der Waals surface area contributed by atoms with E-state index < -0.39 is 5.79 Å². The van der Waals surface area contributed by atoms with Gasteiger partial charge in [0.05, 0.1) is 17.3 Å². The van der Waals surface area contributed by atoms with E-state index in [4.69, 9.17) is 42.4 Å². The summed E-state index contributed by atoms with van der Waals surface area (Å²) >= 11 is 14.6. The standard InChI is InChI=1S/C33H35Cl2N7O3S/c1-39-16-17-46-32(39)38-25-3-5-26(6-4-25)40-12-14-41(15-13-40)27-7-9-28(10-8-27)43-19-29-20-44-33(45-29,21-42-23-36-22-37-42)30-11-2-24(34)18-31(30)35/h2-11,18,22-23,29H,12-17,19-21H2,1H3/b38-32+. The molecule has 4 aromatic rings. The number of benzene rings is 3. The molecule has 3 aliphatic rings. The van der Waals surface area contributed by atoms with Crippen LogP contribution in [0.1, 0.15) is 5.56 Å². The molecule has 46 heavy (non-hydrogen) atoms. The SMILES string of the molecule is CN1CCS/C1=N/c1ccc(N2CCN(c3ccc(OCC4COC(Cn5cncn5)(c5ccc(Cl)cc5Cl)O4)cc3)CC2)cc1. The third-order valence-corrected chi connectivity index (χ3v) is 9.97. The van der Waals surface area contributed by atoms with Gasteiger partial charge >= 0.3 is 0 Å². The van der Waals surface area contributed by atoms with Gasteiger partial charge in [0.2, 0.25) is 5.79 Å². The van der Waals surface area contributed by atoms with E-state index in [2.05, 4.69) is 68.2 Å². The number of aromatic nitrogens is 3. The molecular weight excluding hydrogens is 645 g/mol. The van der Waals surface area contributed by atoms with Crippen LogP contribution in [0, 0.1) is 0 Å². The summed E-state index contributed by atoms with van der Waals surface area (Å²) in [6.45, 7) is 5.80. The van der Waals surface area contributed by atoms with Crippen molar-refractivity contribution in [3.63, 3.8) is 0 Å². The number of halogens is 2. The molecule has 10 nitrogen and oxygen atoms in total. The zero-order chi connectivity index (χ0) is 31.5. The van der Waals surface area contributed by atoms with Crippen LogP contribution in [0.4, 0.5) is 17.1 Å². The van der Waals surface area contributed by atoms with Gasteiger partial charge in [-0.2, -0.15) is 5.10 Å². The minimum absolute atomic E-state index is 0.282. The molecule has 3 fully saturated rings. The van der Waals surface area contributed by atoms with Gasteiger partial charge in [-0.1, -0.05) is 41.0 Å². The summed E-state index contributed by atoms with van der Waals surface area (Å²) in [7, 11) is 2.10. The quantitative estimate of drug-likeness (QED) is 0.214. The van der Waals surface area contributed by atoms with Crippen molar-refractivity contribution < 1.29 is 14.2 Å². The molecule has 0 spiro atoms. The average molecular weight is 681 g/mol. The molecule has 3 aromatic carbocycles. The first-order valence-corrected chi connectivity index (χ1v) is 17.0. The maximum absolute atomic E-state index is 6.58. The molecule has 0 amide bonds. The Morgan fingerprint density at radius 2 is 1.67 bits per heavy atom. The summed E-state index contributed by atoms with van der Waals surface area (Å²) in [5.74, 6) is 0.736. The van der Waals surface area contributed by atoms with Crippen LogP contribution in [0.2, 0.25) is 10.0 Å². The summed E-state index contributed by atoms with van der Waals surface area (Å²) in [5.41, 5.74) is 4.10. The number of hydrogen-bond acceptors (Lipinski definition) is 9. The predicted molar refractivity (Wildman–Crippen MR) is 184 cm³/mol. The van der Waals surface area contributed by atoms with Crippen molar-refractivity contribution >= 4 is 57.2 Å². The highest BCUT2D eigenvalue weighted by atomic mass is 35.5. The number of rotatable bonds is 9. The van der Waals surface area contributed by atoms with Crippen LogP contribution < -0.4 is 14.5 Å². The third kappa shape index (κ3) is 6.94. The number of nitrogens with zero attached hydrogens (tertiary/aromatic N) is 7. The van der Waals surface area contributed by atoms with Crippen molar-refractivity contribution in [1.29, 1.82) is 0 Å². The predicted octanol–water partition coefficient (Wildman–Crippen LogP) is 5.93. The lowest BCUT2D eigenvalue weighted by Gasteiger charge is -2.37. The number of ether oxygens (including phenoxy) is 3. The number of hydrogen-bond donors (Lipinski definition) is 0. The van der Waals surface area contributed by atoms with Crippen LogP contribution in [-0.4, -0.2) is 89.7 Å². The number of amidine groups is 1. The van der Waals surface area contributed by atoms with E-state index in [0.29, 0.717) is 28.8 Å². The van der Waals surface area contributed by atoms with Crippen molar-refractivity contribution in [2.24, 2.45) is 4.99 Å². The molecule has 240 valence electrons. The van der Waals surface area contributed by atoms with Crippen LogP contribution in [0.25, 0.3) is 0 Å². The highest BCUT2D eigenvalue weighted by Gasteiger charge is 2.45. The molecule has 1 aromatic heterocycles. The Morgan fingerprint density at radius 3 is 2.30 bits per heavy atom. The fourth-order valence-corrected chi connectivity index (χ4v) is 7.48.